The van der Waals surface area contributed by atoms with E-state index in [-0.39, 0.29) is 17.7 Å². The molecular weight excluding hydrogens is 214 g/mol. The zero-order valence-electron chi connectivity index (χ0n) is 10.0. The monoisotopic (exact) mass is 231 g/mol. The maximum absolute atomic E-state index is 11.7. The van der Waals surface area contributed by atoms with E-state index in [9.17, 15) is 9.59 Å². The van der Waals surface area contributed by atoms with Crippen LogP contribution in [0.4, 0.5) is 0 Å². The summed E-state index contributed by atoms with van der Waals surface area (Å²) in [6, 6.07) is 8.13. The third-order valence-electron chi connectivity index (χ3n) is 3.13. The number of carbonyl (C=O) groups is 2. The van der Waals surface area contributed by atoms with Gasteiger partial charge in [0.1, 0.15) is 0 Å². The molecule has 1 aliphatic heterocycles. The number of rotatable bonds is 3. The molecule has 1 aliphatic rings. The van der Waals surface area contributed by atoms with Crippen LogP contribution in [0.3, 0.4) is 0 Å². The van der Waals surface area contributed by atoms with Crippen LogP contribution >= 0.6 is 0 Å². The minimum Gasteiger partial charge on any atom is -0.296 e. The molecule has 0 bridgehead atoms. The average molecular weight is 231 g/mol. The van der Waals surface area contributed by atoms with E-state index in [0.29, 0.717) is 12.8 Å². The molecule has 2 rings (SSSR count). The lowest BCUT2D eigenvalue weighted by Crippen LogP contribution is -2.39. The molecule has 1 N–H and O–H groups in total. The van der Waals surface area contributed by atoms with Crippen molar-refractivity contribution in [3.8, 4) is 0 Å². The molecule has 1 saturated heterocycles. The largest absolute Gasteiger partial charge is 0.296 e. The first-order chi connectivity index (χ1) is 8.20. The van der Waals surface area contributed by atoms with Gasteiger partial charge >= 0.3 is 0 Å². The molecule has 1 aromatic carbocycles. The van der Waals surface area contributed by atoms with E-state index in [0.717, 1.165) is 18.4 Å². The lowest BCUT2D eigenvalue weighted by molar-refractivity contribution is -0.134. The quantitative estimate of drug-likeness (QED) is 0.810. The Hall–Kier alpha value is -1.64. The summed E-state index contributed by atoms with van der Waals surface area (Å²) in [5.41, 5.74) is 2.29. The van der Waals surface area contributed by atoms with E-state index in [2.05, 4.69) is 24.4 Å². The molecular formula is C14H17NO2. The van der Waals surface area contributed by atoms with Gasteiger partial charge in [-0.1, -0.05) is 37.6 Å². The number of nitrogens with one attached hydrogen (secondary N) is 1. The van der Waals surface area contributed by atoms with Crippen molar-refractivity contribution >= 4 is 11.8 Å². The van der Waals surface area contributed by atoms with Gasteiger partial charge in [0, 0.05) is 6.42 Å². The second-order valence-corrected chi connectivity index (χ2v) is 4.50. The molecule has 2 amide bonds. The molecule has 1 unspecified atom stereocenters. The normalized spacial score (nSPS) is 20.2. The van der Waals surface area contributed by atoms with Crippen LogP contribution in [0.15, 0.2) is 24.3 Å². The molecule has 0 radical (unpaired) electrons. The van der Waals surface area contributed by atoms with E-state index in [1.807, 2.05) is 12.1 Å². The van der Waals surface area contributed by atoms with Crippen LogP contribution in [0.1, 0.15) is 43.2 Å². The highest BCUT2D eigenvalue weighted by molar-refractivity contribution is 6.00. The number of amides is 2. The molecule has 90 valence electrons. The van der Waals surface area contributed by atoms with Crippen LogP contribution in [-0.4, -0.2) is 11.8 Å². The number of hydrogen-bond donors (Lipinski definition) is 1. The summed E-state index contributed by atoms with van der Waals surface area (Å²) in [6.45, 7) is 2.14. The topological polar surface area (TPSA) is 46.2 Å². The summed E-state index contributed by atoms with van der Waals surface area (Å²) in [5.74, 6) is -0.477. The number of hydrogen-bond acceptors (Lipinski definition) is 2. The van der Waals surface area contributed by atoms with Crippen LogP contribution in [0.25, 0.3) is 0 Å². The Morgan fingerprint density at radius 3 is 2.88 bits per heavy atom. The van der Waals surface area contributed by atoms with Crippen molar-refractivity contribution in [2.24, 2.45) is 0 Å². The molecule has 1 fully saturated rings. The van der Waals surface area contributed by atoms with Gasteiger partial charge in [0.2, 0.25) is 11.8 Å². The number of aryl methyl sites for hydroxylation is 1. The standard InChI is InChI=1S/C14H17NO2/c1-2-4-10-5-3-6-11(9-10)12-7-8-13(16)15-14(12)17/h3,5-6,9,12H,2,4,7-8H2,1H3,(H,15,16,17). The fraction of sp³-hybridized carbons (Fsp3) is 0.429. The van der Waals surface area contributed by atoms with Crippen molar-refractivity contribution < 1.29 is 9.59 Å². The van der Waals surface area contributed by atoms with Gasteiger partial charge in [-0.05, 0) is 24.0 Å². The first-order valence-electron chi connectivity index (χ1n) is 6.13. The summed E-state index contributed by atoms with van der Waals surface area (Å²) in [4.78, 5) is 22.8. The smallest absolute Gasteiger partial charge is 0.234 e. The number of carbonyl (C=O) groups excluding carboxylic acids is 2. The van der Waals surface area contributed by atoms with E-state index >= 15 is 0 Å². The Morgan fingerprint density at radius 2 is 2.18 bits per heavy atom. The molecule has 0 aliphatic carbocycles. The lowest BCUT2D eigenvalue weighted by atomic mass is 9.89. The maximum atomic E-state index is 11.7. The first kappa shape index (κ1) is 11.8. The van der Waals surface area contributed by atoms with Gasteiger partial charge in [-0.2, -0.15) is 0 Å². The summed E-state index contributed by atoms with van der Waals surface area (Å²) in [5, 5.41) is 2.40. The Kier molecular flexibility index (Phi) is 3.57. The van der Waals surface area contributed by atoms with E-state index < -0.39 is 0 Å². The predicted molar refractivity (Wildman–Crippen MR) is 65.6 cm³/mol. The molecule has 0 saturated carbocycles. The molecule has 1 atom stereocenters. The minimum atomic E-state index is -0.162. The van der Waals surface area contributed by atoms with Gasteiger partial charge in [-0.25, -0.2) is 0 Å². The molecule has 3 nitrogen and oxygen atoms in total. The SMILES string of the molecule is CCCc1cccc(C2CCC(=O)NC2=O)c1. The predicted octanol–water partition coefficient (Wildman–Crippen LogP) is 2.16. The van der Waals surface area contributed by atoms with Crippen molar-refractivity contribution in [1.29, 1.82) is 0 Å². The van der Waals surface area contributed by atoms with Gasteiger partial charge < -0.3 is 0 Å². The van der Waals surface area contributed by atoms with Crippen LogP contribution in [-0.2, 0) is 16.0 Å². The van der Waals surface area contributed by atoms with Crippen molar-refractivity contribution in [1.82, 2.24) is 5.32 Å². The van der Waals surface area contributed by atoms with Gasteiger partial charge in [0.25, 0.3) is 0 Å². The summed E-state index contributed by atoms with van der Waals surface area (Å²) < 4.78 is 0. The summed E-state index contributed by atoms with van der Waals surface area (Å²) >= 11 is 0. The van der Waals surface area contributed by atoms with E-state index in [4.69, 9.17) is 0 Å². The highest BCUT2D eigenvalue weighted by atomic mass is 16.2. The van der Waals surface area contributed by atoms with Gasteiger partial charge in [-0.3, -0.25) is 14.9 Å². The molecule has 1 heterocycles. The number of benzene rings is 1. The van der Waals surface area contributed by atoms with Gasteiger partial charge in [0.05, 0.1) is 5.92 Å². The van der Waals surface area contributed by atoms with Crippen LogP contribution in [0, 0.1) is 0 Å². The second-order valence-electron chi connectivity index (χ2n) is 4.50. The second kappa shape index (κ2) is 5.13. The highest BCUT2D eigenvalue weighted by Crippen LogP contribution is 2.25. The number of imide groups is 1. The summed E-state index contributed by atoms with van der Waals surface area (Å²) in [6.07, 6.45) is 3.19. The fourth-order valence-corrected chi connectivity index (χ4v) is 2.27. The zero-order chi connectivity index (χ0) is 12.3. The Morgan fingerprint density at radius 1 is 1.35 bits per heavy atom. The lowest BCUT2D eigenvalue weighted by Gasteiger charge is -2.21. The Labute approximate surface area is 101 Å². The maximum Gasteiger partial charge on any atom is 0.234 e. The summed E-state index contributed by atoms with van der Waals surface area (Å²) in [7, 11) is 0. The third-order valence-corrected chi connectivity index (χ3v) is 3.13. The average Bonchev–Trinajstić information content (AvgIpc) is 2.29. The van der Waals surface area contributed by atoms with Crippen LogP contribution in [0.2, 0.25) is 0 Å². The van der Waals surface area contributed by atoms with Crippen molar-refractivity contribution in [3.63, 3.8) is 0 Å². The van der Waals surface area contributed by atoms with Gasteiger partial charge in [-0.15, -0.1) is 0 Å². The van der Waals surface area contributed by atoms with Crippen molar-refractivity contribution in [2.75, 3.05) is 0 Å². The highest BCUT2D eigenvalue weighted by Gasteiger charge is 2.27. The fourth-order valence-electron chi connectivity index (χ4n) is 2.27. The molecule has 1 aromatic rings. The Balaban J connectivity index is 2.18. The molecule has 0 aromatic heterocycles. The number of piperidine rings is 1. The molecule has 3 heteroatoms. The third kappa shape index (κ3) is 2.73. The van der Waals surface area contributed by atoms with E-state index in [1.54, 1.807) is 0 Å². The molecule has 0 spiro atoms. The minimum absolute atomic E-state index is 0.157. The molecule has 17 heavy (non-hydrogen) atoms. The first-order valence-corrected chi connectivity index (χ1v) is 6.13. The van der Waals surface area contributed by atoms with Crippen molar-refractivity contribution in [3.05, 3.63) is 35.4 Å². The van der Waals surface area contributed by atoms with Crippen molar-refractivity contribution in [2.45, 2.75) is 38.5 Å². The van der Waals surface area contributed by atoms with E-state index in [1.165, 1.54) is 5.56 Å². The van der Waals surface area contributed by atoms with Crippen LogP contribution in [0.5, 0.6) is 0 Å². The van der Waals surface area contributed by atoms with Crippen LogP contribution < -0.4 is 5.32 Å². The Bertz CT molecular complexity index is 440. The van der Waals surface area contributed by atoms with Gasteiger partial charge in [0.15, 0.2) is 0 Å². The zero-order valence-corrected chi connectivity index (χ0v) is 10.0.